The summed E-state index contributed by atoms with van der Waals surface area (Å²) in [4.78, 5) is 17.3. The zero-order chi connectivity index (χ0) is 19.7. The Morgan fingerprint density at radius 1 is 1.18 bits per heavy atom. The molecule has 0 saturated heterocycles. The van der Waals surface area contributed by atoms with Crippen LogP contribution in [0.1, 0.15) is 51.7 Å². The van der Waals surface area contributed by atoms with Gasteiger partial charge in [0.05, 0.1) is 11.7 Å². The first kappa shape index (κ1) is 18.0. The normalized spacial score (nSPS) is 12.2. The second kappa shape index (κ2) is 7.31. The number of carbonyl (C=O) groups is 1. The standard InChI is InChI=1S/C22H22N4O2/c1-13(21-14(2)25-26-15(21)3)23-22(27)17-9-10-19-18(12-17)24-20(28-19)11-16-7-5-4-6-8-16/h4-10,12-13H,11H2,1-3H3,(H,23,27)(H,25,26). The molecular formula is C22H22N4O2. The number of hydrogen-bond acceptors (Lipinski definition) is 4. The molecule has 0 bridgehead atoms. The molecule has 0 radical (unpaired) electrons. The van der Waals surface area contributed by atoms with Crippen LogP contribution in [0, 0.1) is 13.8 Å². The first-order valence-electron chi connectivity index (χ1n) is 9.27. The van der Waals surface area contributed by atoms with Gasteiger partial charge in [0, 0.05) is 23.2 Å². The van der Waals surface area contributed by atoms with Crippen molar-refractivity contribution in [1.82, 2.24) is 20.5 Å². The second-order valence-corrected chi connectivity index (χ2v) is 7.00. The number of carbonyl (C=O) groups excluding carboxylic acids is 1. The Hall–Kier alpha value is -3.41. The molecular weight excluding hydrogens is 352 g/mol. The summed E-state index contributed by atoms with van der Waals surface area (Å²) < 4.78 is 5.82. The number of nitrogens with one attached hydrogen (secondary N) is 2. The van der Waals surface area contributed by atoms with Gasteiger partial charge in [-0.05, 0) is 44.5 Å². The molecule has 2 heterocycles. The van der Waals surface area contributed by atoms with Crippen LogP contribution in [-0.4, -0.2) is 21.1 Å². The van der Waals surface area contributed by atoms with Gasteiger partial charge in [-0.25, -0.2) is 4.98 Å². The Morgan fingerprint density at radius 3 is 2.68 bits per heavy atom. The number of amides is 1. The van der Waals surface area contributed by atoms with Crippen molar-refractivity contribution in [2.45, 2.75) is 33.2 Å². The van der Waals surface area contributed by atoms with Crippen molar-refractivity contribution in [3.8, 4) is 0 Å². The third-order valence-corrected chi connectivity index (χ3v) is 4.86. The second-order valence-electron chi connectivity index (χ2n) is 7.00. The highest BCUT2D eigenvalue weighted by Crippen LogP contribution is 2.22. The van der Waals surface area contributed by atoms with Gasteiger partial charge in [0.25, 0.3) is 5.91 Å². The maximum absolute atomic E-state index is 12.7. The first-order chi connectivity index (χ1) is 13.5. The van der Waals surface area contributed by atoms with Gasteiger partial charge in [0.1, 0.15) is 5.52 Å². The summed E-state index contributed by atoms with van der Waals surface area (Å²) >= 11 is 0. The van der Waals surface area contributed by atoms with Crippen molar-refractivity contribution >= 4 is 17.0 Å². The molecule has 2 aromatic carbocycles. The number of aryl methyl sites for hydroxylation is 2. The lowest BCUT2D eigenvalue weighted by molar-refractivity contribution is 0.0940. The molecule has 6 nitrogen and oxygen atoms in total. The monoisotopic (exact) mass is 374 g/mol. The fourth-order valence-electron chi connectivity index (χ4n) is 3.51. The van der Waals surface area contributed by atoms with Crippen LogP contribution in [-0.2, 0) is 6.42 Å². The minimum Gasteiger partial charge on any atom is -0.440 e. The molecule has 0 spiro atoms. The van der Waals surface area contributed by atoms with E-state index in [2.05, 4.69) is 20.5 Å². The van der Waals surface area contributed by atoms with Crippen LogP contribution in [0.3, 0.4) is 0 Å². The SMILES string of the molecule is Cc1n[nH]c(C)c1C(C)NC(=O)c1ccc2oc(Cc3ccccc3)nc2c1. The van der Waals surface area contributed by atoms with E-state index >= 15 is 0 Å². The Morgan fingerprint density at radius 2 is 1.96 bits per heavy atom. The van der Waals surface area contributed by atoms with Gasteiger partial charge in [-0.3, -0.25) is 9.89 Å². The maximum Gasteiger partial charge on any atom is 0.251 e. The first-order valence-corrected chi connectivity index (χ1v) is 9.27. The molecule has 0 aliphatic rings. The third kappa shape index (κ3) is 3.53. The summed E-state index contributed by atoms with van der Waals surface area (Å²) in [5, 5.41) is 10.2. The van der Waals surface area contributed by atoms with E-state index in [9.17, 15) is 4.79 Å². The van der Waals surface area contributed by atoms with Crippen molar-refractivity contribution in [3.63, 3.8) is 0 Å². The minimum absolute atomic E-state index is 0.145. The topological polar surface area (TPSA) is 83.8 Å². The molecule has 0 aliphatic carbocycles. The van der Waals surface area contributed by atoms with E-state index in [4.69, 9.17) is 4.42 Å². The fourth-order valence-corrected chi connectivity index (χ4v) is 3.51. The largest absolute Gasteiger partial charge is 0.440 e. The van der Waals surface area contributed by atoms with Gasteiger partial charge in [-0.1, -0.05) is 30.3 Å². The maximum atomic E-state index is 12.7. The number of nitrogens with zero attached hydrogens (tertiary/aromatic N) is 2. The molecule has 1 unspecified atom stereocenters. The van der Waals surface area contributed by atoms with E-state index in [-0.39, 0.29) is 11.9 Å². The number of benzene rings is 2. The van der Waals surface area contributed by atoms with Crippen LogP contribution in [0.5, 0.6) is 0 Å². The molecule has 28 heavy (non-hydrogen) atoms. The molecule has 2 aromatic heterocycles. The van der Waals surface area contributed by atoms with Crippen molar-refractivity contribution in [2.75, 3.05) is 0 Å². The predicted molar refractivity (Wildman–Crippen MR) is 107 cm³/mol. The number of H-pyrrole nitrogens is 1. The molecule has 2 N–H and O–H groups in total. The van der Waals surface area contributed by atoms with Crippen molar-refractivity contribution in [3.05, 3.63) is 82.5 Å². The zero-order valence-electron chi connectivity index (χ0n) is 16.1. The number of rotatable bonds is 5. The molecule has 142 valence electrons. The molecule has 4 aromatic rings. The van der Waals surface area contributed by atoms with Crippen LogP contribution in [0.25, 0.3) is 11.1 Å². The number of fused-ring (bicyclic) bond motifs is 1. The highest BCUT2D eigenvalue weighted by atomic mass is 16.3. The molecule has 0 aliphatic heterocycles. The summed E-state index contributed by atoms with van der Waals surface area (Å²) in [6.45, 7) is 5.83. The van der Waals surface area contributed by atoms with Gasteiger partial charge in [-0.15, -0.1) is 0 Å². The molecule has 4 rings (SSSR count). The van der Waals surface area contributed by atoms with Gasteiger partial charge in [-0.2, -0.15) is 5.10 Å². The lowest BCUT2D eigenvalue weighted by Crippen LogP contribution is -2.27. The highest BCUT2D eigenvalue weighted by molar-refractivity contribution is 5.97. The molecule has 0 saturated carbocycles. The van der Waals surface area contributed by atoms with Crippen LogP contribution in [0.2, 0.25) is 0 Å². The van der Waals surface area contributed by atoms with E-state index in [0.29, 0.717) is 29.0 Å². The fraction of sp³-hybridized carbons (Fsp3) is 0.227. The molecule has 6 heteroatoms. The van der Waals surface area contributed by atoms with Crippen LogP contribution >= 0.6 is 0 Å². The predicted octanol–water partition coefficient (Wildman–Crippen LogP) is 4.25. The summed E-state index contributed by atoms with van der Waals surface area (Å²) in [6, 6.07) is 15.2. The van der Waals surface area contributed by atoms with Gasteiger partial charge >= 0.3 is 0 Å². The van der Waals surface area contributed by atoms with Gasteiger partial charge in [0.15, 0.2) is 11.5 Å². The summed E-state index contributed by atoms with van der Waals surface area (Å²) in [5.41, 5.74) is 5.91. The Labute approximate surface area is 163 Å². The molecule has 1 atom stereocenters. The Bertz CT molecular complexity index is 1110. The quantitative estimate of drug-likeness (QED) is 0.547. The molecule has 0 fully saturated rings. The Kier molecular flexibility index (Phi) is 4.69. The molecule has 1 amide bonds. The van der Waals surface area contributed by atoms with Gasteiger partial charge in [0.2, 0.25) is 0 Å². The van der Waals surface area contributed by atoms with Gasteiger partial charge < -0.3 is 9.73 Å². The van der Waals surface area contributed by atoms with E-state index in [1.54, 1.807) is 18.2 Å². The highest BCUT2D eigenvalue weighted by Gasteiger charge is 2.18. The number of aromatic nitrogens is 3. The van der Waals surface area contributed by atoms with Crippen molar-refractivity contribution in [1.29, 1.82) is 0 Å². The van der Waals surface area contributed by atoms with Crippen molar-refractivity contribution in [2.24, 2.45) is 0 Å². The average molecular weight is 374 g/mol. The summed E-state index contributed by atoms with van der Waals surface area (Å²) in [6.07, 6.45) is 0.618. The minimum atomic E-state index is -0.151. The smallest absolute Gasteiger partial charge is 0.251 e. The van der Waals surface area contributed by atoms with Crippen LogP contribution in [0.15, 0.2) is 52.9 Å². The number of aromatic amines is 1. The average Bonchev–Trinajstić information content (AvgIpc) is 3.23. The van der Waals surface area contributed by atoms with E-state index < -0.39 is 0 Å². The lowest BCUT2D eigenvalue weighted by Gasteiger charge is -2.14. The lowest BCUT2D eigenvalue weighted by atomic mass is 10.1. The van der Waals surface area contributed by atoms with E-state index in [1.165, 1.54) is 0 Å². The van der Waals surface area contributed by atoms with Crippen molar-refractivity contribution < 1.29 is 9.21 Å². The zero-order valence-corrected chi connectivity index (χ0v) is 16.1. The van der Waals surface area contributed by atoms with E-state index in [0.717, 1.165) is 22.5 Å². The van der Waals surface area contributed by atoms with E-state index in [1.807, 2.05) is 51.1 Å². The summed E-state index contributed by atoms with van der Waals surface area (Å²) in [7, 11) is 0. The van der Waals surface area contributed by atoms with Crippen LogP contribution in [0.4, 0.5) is 0 Å². The third-order valence-electron chi connectivity index (χ3n) is 4.86. The number of hydrogen-bond donors (Lipinski definition) is 2. The number of oxazole rings is 1. The van der Waals surface area contributed by atoms with Crippen LogP contribution < -0.4 is 5.32 Å². The summed E-state index contributed by atoms with van der Waals surface area (Å²) in [5.74, 6) is 0.485. The Balaban J connectivity index is 1.53.